The molecule has 8 heteroatoms. The smallest absolute Gasteiger partial charge is 0.238 e. The molecule has 0 radical (unpaired) electrons. The summed E-state index contributed by atoms with van der Waals surface area (Å²) in [4.78, 5) is 19.9. The van der Waals surface area contributed by atoms with Crippen molar-refractivity contribution in [3.63, 3.8) is 0 Å². The highest BCUT2D eigenvalue weighted by molar-refractivity contribution is 7.91. The van der Waals surface area contributed by atoms with Gasteiger partial charge in [-0.05, 0) is 25.6 Å². The number of amides is 1. The highest BCUT2D eigenvalue weighted by atomic mass is 32.2. The predicted molar refractivity (Wildman–Crippen MR) is 86.9 cm³/mol. The molecule has 7 nitrogen and oxygen atoms in total. The average Bonchev–Trinajstić information content (AvgIpc) is 2.79. The minimum atomic E-state index is -2.94. The van der Waals surface area contributed by atoms with Gasteiger partial charge in [-0.3, -0.25) is 9.69 Å². The van der Waals surface area contributed by atoms with E-state index in [2.05, 4.69) is 10.3 Å². The third-order valence-electron chi connectivity index (χ3n) is 3.71. The van der Waals surface area contributed by atoms with E-state index >= 15 is 0 Å². The second kappa shape index (κ2) is 6.62. The van der Waals surface area contributed by atoms with E-state index < -0.39 is 9.84 Å². The molecule has 0 unspecified atom stereocenters. The SMILES string of the molecule is CN(C)c1ccc(NC(=O)CN(C)[C@@H]2CCS(=O)(=O)C2)cn1. The summed E-state index contributed by atoms with van der Waals surface area (Å²) in [6, 6.07) is 3.54. The van der Waals surface area contributed by atoms with Crippen molar-refractivity contribution in [3.05, 3.63) is 18.3 Å². The lowest BCUT2D eigenvalue weighted by atomic mass is 10.2. The van der Waals surface area contributed by atoms with Gasteiger partial charge in [-0.15, -0.1) is 0 Å². The summed E-state index contributed by atoms with van der Waals surface area (Å²) in [7, 11) is 2.63. The Morgan fingerprint density at radius 3 is 2.59 bits per heavy atom. The van der Waals surface area contributed by atoms with Crippen LogP contribution in [0.15, 0.2) is 18.3 Å². The molecule has 1 aromatic heterocycles. The number of aromatic nitrogens is 1. The monoisotopic (exact) mass is 326 g/mol. The van der Waals surface area contributed by atoms with Gasteiger partial charge in [0.15, 0.2) is 9.84 Å². The number of hydrogen-bond donors (Lipinski definition) is 1. The first kappa shape index (κ1) is 16.7. The van der Waals surface area contributed by atoms with Crippen molar-refractivity contribution < 1.29 is 13.2 Å². The number of carbonyl (C=O) groups is 1. The summed E-state index contributed by atoms with van der Waals surface area (Å²) in [6.07, 6.45) is 2.19. The number of hydrogen-bond acceptors (Lipinski definition) is 6. The first-order chi connectivity index (χ1) is 10.3. The van der Waals surface area contributed by atoms with Crippen LogP contribution in [0.5, 0.6) is 0 Å². The van der Waals surface area contributed by atoms with Gasteiger partial charge in [0.05, 0.1) is 29.9 Å². The summed E-state index contributed by atoms with van der Waals surface area (Å²) in [5, 5.41) is 2.77. The van der Waals surface area contributed by atoms with E-state index in [1.165, 1.54) is 0 Å². The van der Waals surface area contributed by atoms with E-state index in [-0.39, 0.29) is 30.0 Å². The van der Waals surface area contributed by atoms with Gasteiger partial charge in [-0.25, -0.2) is 13.4 Å². The van der Waals surface area contributed by atoms with E-state index in [0.29, 0.717) is 12.1 Å². The maximum atomic E-state index is 12.0. The van der Waals surface area contributed by atoms with E-state index in [1.807, 2.05) is 25.1 Å². The lowest BCUT2D eigenvalue weighted by Gasteiger charge is -2.22. The third-order valence-corrected chi connectivity index (χ3v) is 5.46. The number of rotatable bonds is 5. The molecule has 1 aliphatic heterocycles. The Hall–Kier alpha value is -1.67. The first-order valence-electron chi connectivity index (χ1n) is 7.11. The number of anilines is 2. The van der Waals surface area contributed by atoms with Gasteiger partial charge in [-0.1, -0.05) is 0 Å². The largest absolute Gasteiger partial charge is 0.363 e. The summed E-state index contributed by atoms with van der Waals surface area (Å²) in [5.41, 5.74) is 0.628. The summed E-state index contributed by atoms with van der Waals surface area (Å²) >= 11 is 0. The average molecular weight is 326 g/mol. The molecule has 0 spiro atoms. The standard InChI is InChI=1S/C14H22N4O3S/c1-17(2)13-5-4-11(8-15-13)16-14(19)9-18(3)12-6-7-22(20,21)10-12/h4-5,8,12H,6-7,9-10H2,1-3H3,(H,16,19)/t12-/m1/s1. The number of sulfone groups is 1. The van der Waals surface area contributed by atoms with Crippen molar-refractivity contribution in [2.45, 2.75) is 12.5 Å². The van der Waals surface area contributed by atoms with Gasteiger partial charge in [0.1, 0.15) is 5.82 Å². The summed E-state index contributed by atoms with van der Waals surface area (Å²) in [6.45, 7) is 0.162. The molecular weight excluding hydrogens is 304 g/mol. The van der Waals surface area contributed by atoms with Gasteiger partial charge in [0, 0.05) is 20.1 Å². The molecule has 1 amide bonds. The Morgan fingerprint density at radius 2 is 2.09 bits per heavy atom. The zero-order valence-electron chi connectivity index (χ0n) is 13.1. The van der Waals surface area contributed by atoms with Crippen molar-refractivity contribution in [1.82, 2.24) is 9.88 Å². The molecule has 0 aliphatic carbocycles. The highest BCUT2D eigenvalue weighted by Gasteiger charge is 2.31. The van der Waals surface area contributed by atoms with Crippen LogP contribution >= 0.6 is 0 Å². The van der Waals surface area contributed by atoms with Gasteiger partial charge in [0.2, 0.25) is 5.91 Å². The number of carbonyl (C=O) groups excluding carboxylic acids is 1. The maximum Gasteiger partial charge on any atom is 0.238 e. The van der Waals surface area contributed by atoms with Crippen LogP contribution < -0.4 is 10.2 Å². The molecule has 122 valence electrons. The zero-order chi connectivity index (χ0) is 16.3. The topological polar surface area (TPSA) is 82.6 Å². The van der Waals surface area contributed by atoms with Crippen molar-refractivity contribution in [1.29, 1.82) is 0 Å². The van der Waals surface area contributed by atoms with Crippen LogP contribution in [0, 0.1) is 0 Å². The molecule has 1 saturated heterocycles. The van der Waals surface area contributed by atoms with Gasteiger partial charge in [-0.2, -0.15) is 0 Å². The lowest BCUT2D eigenvalue weighted by molar-refractivity contribution is -0.117. The highest BCUT2D eigenvalue weighted by Crippen LogP contribution is 2.16. The fraction of sp³-hybridized carbons (Fsp3) is 0.571. The van der Waals surface area contributed by atoms with E-state index in [9.17, 15) is 13.2 Å². The minimum Gasteiger partial charge on any atom is -0.363 e. The van der Waals surface area contributed by atoms with Crippen molar-refractivity contribution in [2.24, 2.45) is 0 Å². The van der Waals surface area contributed by atoms with Crippen LogP contribution in [0.4, 0.5) is 11.5 Å². The van der Waals surface area contributed by atoms with Crippen LogP contribution in [-0.4, -0.2) is 69.4 Å². The van der Waals surface area contributed by atoms with Crippen LogP contribution in [0.1, 0.15) is 6.42 Å². The molecule has 1 atom stereocenters. The number of likely N-dealkylation sites (N-methyl/N-ethyl adjacent to an activating group) is 1. The molecule has 0 aromatic carbocycles. The lowest BCUT2D eigenvalue weighted by Crippen LogP contribution is -2.38. The summed E-state index contributed by atoms with van der Waals surface area (Å²) < 4.78 is 22.9. The van der Waals surface area contributed by atoms with Gasteiger partial charge in [0.25, 0.3) is 0 Å². The van der Waals surface area contributed by atoms with Crippen LogP contribution in [0.2, 0.25) is 0 Å². The van der Waals surface area contributed by atoms with Gasteiger partial charge < -0.3 is 10.2 Å². The van der Waals surface area contributed by atoms with E-state index in [4.69, 9.17) is 0 Å². The van der Waals surface area contributed by atoms with Crippen LogP contribution in [0.25, 0.3) is 0 Å². The number of nitrogens with zero attached hydrogens (tertiary/aromatic N) is 3. The Labute approximate surface area is 131 Å². The fourth-order valence-corrected chi connectivity index (χ4v) is 4.21. The Kier molecular flexibility index (Phi) is 5.02. The van der Waals surface area contributed by atoms with Crippen LogP contribution in [0.3, 0.4) is 0 Å². The molecule has 2 heterocycles. The molecule has 0 bridgehead atoms. The molecule has 2 rings (SSSR count). The predicted octanol–water partition coefficient (Wildman–Crippen LogP) is 0.205. The molecule has 1 N–H and O–H groups in total. The van der Waals surface area contributed by atoms with Crippen molar-refractivity contribution in [2.75, 3.05) is 49.4 Å². The van der Waals surface area contributed by atoms with E-state index in [0.717, 1.165) is 5.82 Å². The van der Waals surface area contributed by atoms with Crippen LogP contribution in [-0.2, 0) is 14.6 Å². The molecule has 1 fully saturated rings. The first-order valence-corrected chi connectivity index (χ1v) is 8.93. The number of pyridine rings is 1. The second-order valence-corrected chi connectivity index (χ2v) is 8.05. The minimum absolute atomic E-state index is 0.0787. The molecule has 0 saturated carbocycles. The quantitative estimate of drug-likeness (QED) is 0.833. The molecule has 22 heavy (non-hydrogen) atoms. The fourth-order valence-electron chi connectivity index (χ4n) is 2.40. The normalized spacial score (nSPS) is 20.1. The molecule has 1 aliphatic rings. The van der Waals surface area contributed by atoms with Gasteiger partial charge >= 0.3 is 0 Å². The molecule has 1 aromatic rings. The maximum absolute atomic E-state index is 12.0. The van der Waals surface area contributed by atoms with E-state index in [1.54, 1.807) is 24.2 Å². The zero-order valence-corrected chi connectivity index (χ0v) is 13.9. The van der Waals surface area contributed by atoms with Crippen molar-refractivity contribution in [3.8, 4) is 0 Å². The number of nitrogens with one attached hydrogen (secondary N) is 1. The Bertz CT molecular complexity index is 628. The Morgan fingerprint density at radius 1 is 1.36 bits per heavy atom. The summed E-state index contributed by atoms with van der Waals surface area (Å²) in [5.74, 6) is 0.979. The third kappa shape index (κ3) is 4.41. The Balaban J connectivity index is 1.87. The molecular formula is C14H22N4O3S. The van der Waals surface area contributed by atoms with Crippen molar-refractivity contribution >= 4 is 27.2 Å². The second-order valence-electron chi connectivity index (χ2n) is 5.82.